The van der Waals surface area contributed by atoms with Crippen molar-refractivity contribution < 1.29 is 13.9 Å². The Kier molecular flexibility index (Phi) is 21.1. The van der Waals surface area contributed by atoms with E-state index in [2.05, 4.69) is 41.5 Å². The summed E-state index contributed by atoms with van der Waals surface area (Å²) in [5.41, 5.74) is -1.62. The molecule has 2 unspecified atom stereocenters. The maximum absolute atomic E-state index is 15.8. The Hall–Kier alpha value is -0.600. The van der Waals surface area contributed by atoms with E-state index in [0.717, 1.165) is 51.4 Å². The quantitative estimate of drug-likeness (QED) is 0.0976. The molecule has 0 heterocycles. The van der Waals surface area contributed by atoms with Gasteiger partial charge in [0.2, 0.25) is 5.67 Å². The summed E-state index contributed by atoms with van der Waals surface area (Å²) >= 11 is 0. The smallest absolute Gasteiger partial charge is 0.343 e. The molecule has 0 fully saturated rings. The summed E-state index contributed by atoms with van der Waals surface area (Å²) in [5, 5.41) is 0. The minimum atomic E-state index is -1.80. The van der Waals surface area contributed by atoms with Gasteiger partial charge in [0.25, 0.3) is 0 Å². The lowest BCUT2D eigenvalue weighted by Gasteiger charge is -2.31. The van der Waals surface area contributed by atoms with Crippen LogP contribution >= 0.6 is 0 Å². The molecule has 0 bridgehead atoms. The van der Waals surface area contributed by atoms with Crippen molar-refractivity contribution in [2.75, 3.05) is 6.61 Å². The molecule has 0 aromatic heterocycles. The standard InChI is InChI=1S/C32H63FO2/c1-7-10-13-16-18-19-21-24-29(31(4,5)6)25-28-35-30(34)32(33,26-22-15-12-9-3)27-23-20-17-14-11-8-2/h29H,7-28H2,1-6H3. The highest BCUT2D eigenvalue weighted by Crippen LogP contribution is 2.34. The van der Waals surface area contributed by atoms with Crippen LogP contribution in [0.5, 0.6) is 0 Å². The number of rotatable bonds is 24. The molecule has 0 aromatic carbocycles. The Bertz CT molecular complexity index is 484. The van der Waals surface area contributed by atoms with Crippen LogP contribution in [0.2, 0.25) is 0 Å². The summed E-state index contributed by atoms with van der Waals surface area (Å²) in [4.78, 5) is 12.9. The van der Waals surface area contributed by atoms with Gasteiger partial charge in [-0.15, -0.1) is 0 Å². The fourth-order valence-corrected chi connectivity index (χ4v) is 5.13. The summed E-state index contributed by atoms with van der Waals surface area (Å²) in [5.74, 6) is -0.0887. The average molecular weight is 499 g/mol. The minimum absolute atomic E-state index is 0.181. The normalized spacial score (nSPS) is 14.6. The van der Waals surface area contributed by atoms with Gasteiger partial charge < -0.3 is 4.74 Å². The second-order valence-electron chi connectivity index (χ2n) is 12.2. The van der Waals surface area contributed by atoms with E-state index in [-0.39, 0.29) is 5.41 Å². The van der Waals surface area contributed by atoms with E-state index in [4.69, 9.17) is 4.74 Å². The van der Waals surface area contributed by atoms with Crippen molar-refractivity contribution in [1.29, 1.82) is 0 Å². The van der Waals surface area contributed by atoms with Gasteiger partial charge in [-0.1, -0.05) is 138 Å². The molecule has 2 atom stereocenters. The van der Waals surface area contributed by atoms with E-state index in [1.807, 2.05) is 0 Å². The Morgan fingerprint density at radius 1 is 0.629 bits per heavy atom. The van der Waals surface area contributed by atoms with Crippen LogP contribution < -0.4 is 0 Å². The average Bonchev–Trinajstić information content (AvgIpc) is 2.81. The first kappa shape index (κ1) is 34.4. The number of carbonyl (C=O) groups excluding carboxylic acids is 1. The molecule has 0 aliphatic rings. The molecule has 0 spiro atoms. The highest BCUT2D eigenvalue weighted by Gasteiger charge is 2.39. The molecule has 0 N–H and O–H groups in total. The number of hydrogen-bond donors (Lipinski definition) is 0. The van der Waals surface area contributed by atoms with Crippen LogP contribution in [0.15, 0.2) is 0 Å². The predicted octanol–water partition coefficient (Wildman–Crippen LogP) is 11.2. The Balaban J connectivity index is 4.62. The molecule has 0 aromatic rings. The van der Waals surface area contributed by atoms with Gasteiger partial charge in [-0.25, -0.2) is 9.18 Å². The van der Waals surface area contributed by atoms with Gasteiger partial charge in [0.05, 0.1) is 6.61 Å². The van der Waals surface area contributed by atoms with Crippen LogP contribution in [-0.4, -0.2) is 18.2 Å². The van der Waals surface area contributed by atoms with Crippen LogP contribution in [0.3, 0.4) is 0 Å². The second kappa shape index (κ2) is 21.5. The number of ether oxygens (including phenoxy) is 1. The van der Waals surface area contributed by atoms with Crippen molar-refractivity contribution in [3.63, 3.8) is 0 Å². The first-order chi connectivity index (χ1) is 16.7. The van der Waals surface area contributed by atoms with Gasteiger partial charge in [0, 0.05) is 0 Å². The van der Waals surface area contributed by atoms with Crippen molar-refractivity contribution >= 4 is 5.97 Å². The van der Waals surface area contributed by atoms with Gasteiger partial charge >= 0.3 is 5.97 Å². The topological polar surface area (TPSA) is 26.3 Å². The lowest BCUT2D eigenvalue weighted by Crippen LogP contribution is -2.36. The predicted molar refractivity (Wildman–Crippen MR) is 152 cm³/mol. The van der Waals surface area contributed by atoms with Gasteiger partial charge in [0.15, 0.2) is 0 Å². The molecule has 35 heavy (non-hydrogen) atoms. The largest absolute Gasteiger partial charge is 0.463 e. The highest BCUT2D eigenvalue weighted by atomic mass is 19.1. The molecule has 0 rings (SSSR count). The van der Waals surface area contributed by atoms with Crippen LogP contribution in [0.25, 0.3) is 0 Å². The third-order valence-corrected chi connectivity index (χ3v) is 7.80. The zero-order valence-corrected chi connectivity index (χ0v) is 24.8. The van der Waals surface area contributed by atoms with Crippen LogP contribution in [0.1, 0.15) is 176 Å². The molecule has 0 aliphatic carbocycles. The number of halogens is 1. The van der Waals surface area contributed by atoms with E-state index in [0.29, 0.717) is 25.4 Å². The monoisotopic (exact) mass is 498 g/mol. The summed E-state index contributed by atoms with van der Waals surface area (Å²) in [6, 6.07) is 0. The Morgan fingerprint density at radius 2 is 1.03 bits per heavy atom. The van der Waals surface area contributed by atoms with Gasteiger partial charge in [-0.05, 0) is 49.9 Å². The van der Waals surface area contributed by atoms with Crippen molar-refractivity contribution in [2.24, 2.45) is 11.3 Å². The SMILES string of the molecule is CCCCCCCCCC(CCOC(=O)C(F)(CCCCCC)CCCCCCCC)C(C)(C)C. The van der Waals surface area contributed by atoms with Crippen molar-refractivity contribution in [3.8, 4) is 0 Å². The number of carbonyl (C=O) groups is 1. The highest BCUT2D eigenvalue weighted by molar-refractivity contribution is 5.79. The van der Waals surface area contributed by atoms with Crippen LogP contribution in [0.4, 0.5) is 4.39 Å². The molecule has 2 nitrogen and oxygen atoms in total. The molecule has 210 valence electrons. The van der Waals surface area contributed by atoms with Crippen LogP contribution in [-0.2, 0) is 9.53 Å². The second-order valence-corrected chi connectivity index (χ2v) is 12.2. The number of alkyl halides is 1. The van der Waals surface area contributed by atoms with E-state index < -0.39 is 11.6 Å². The zero-order chi connectivity index (χ0) is 26.4. The van der Waals surface area contributed by atoms with Crippen molar-refractivity contribution in [2.45, 2.75) is 182 Å². The van der Waals surface area contributed by atoms with Crippen molar-refractivity contribution in [1.82, 2.24) is 0 Å². The lowest BCUT2D eigenvalue weighted by atomic mass is 9.76. The Labute approximate surface area is 219 Å². The molecule has 0 aliphatic heterocycles. The molecular weight excluding hydrogens is 435 g/mol. The van der Waals surface area contributed by atoms with E-state index in [1.165, 1.54) is 70.6 Å². The molecule has 0 saturated heterocycles. The first-order valence-corrected chi connectivity index (χ1v) is 15.6. The van der Waals surface area contributed by atoms with Gasteiger partial charge in [-0.2, -0.15) is 0 Å². The summed E-state index contributed by atoms with van der Waals surface area (Å²) in [7, 11) is 0. The minimum Gasteiger partial charge on any atom is -0.463 e. The third-order valence-electron chi connectivity index (χ3n) is 7.80. The van der Waals surface area contributed by atoms with Crippen LogP contribution in [0, 0.1) is 11.3 Å². The fourth-order valence-electron chi connectivity index (χ4n) is 5.13. The maximum Gasteiger partial charge on any atom is 0.343 e. The molecular formula is C32H63FO2. The van der Waals surface area contributed by atoms with E-state index in [9.17, 15) is 4.79 Å². The fraction of sp³-hybridized carbons (Fsp3) is 0.969. The summed E-state index contributed by atoms with van der Waals surface area (Å²) < 4.78 is 21.5. The summed E-state index contributed by atoms with van der Waals surface area (Å²) in [6.07, 6.45) is 22.5. The summed E-state index contributed by atoms with van der Waals surface area (Å²) in [6.45, 7) is 13.8. The van der Waals surface area contributed by atoms with Crippen molar-refractivity contribution in [3.05, 3.63) is 0 Å². The zero-order valence-electron chi connectivity index (χ0n) is 24.8. The maximum atomic E-state index is 15.8. The number of unbranched alkanes of at least 4 members (excludes halogenated alkanes) is 14. The number of hydrogen-bond acceptors (Lipinski definition) is 2. The van der Waals surface area contributed by atoms with Gasteiger partial charge in [0.1, 0.15) is 0 Å². The first-order valence-electron chi connectivity index (χ1n) is 15.6. The molecule has 0 amide bonds. The number of esters is 1. The Morgan fingerprint density at radius 3 is 1.49 bits per heavy atom. The molecule has 3 heteroatoms. The van der Waals surface area contributed by atoms with E-state index >= 15 is 4.39 Å². The van der Waals surface area contributed by atoms with Gasteiger partial charge in [-0.3, -0.25) is 0 Å². The third kappa shape index (κ3) is 18.3. The van der Waals surface area contributed by atoms with E-state index in [1.54, 1.807) is 0 Å². The molecule has 0 saturated carbocycles. The lowest BCUT2D eigenvalue weighted by molar-refractivity contribution is -0.160. The molecule has 0 radical (unpaired) electrons.